The fourth-order valence-electron chi connectivity index (χ4n) is 2.59. The SMILES string of the molecule is Cc1ccc(C(C)C)c(OCCOc2ccc(C=Nn3cnnc3)cc2)c1. The van der Waals surface area contributed by atoms with Crippen LogP contribution in [-0.2, 0) is 0 Å². The Bertz CT molecular complexity index is 872. The topological polar surface area (TPSA) is 61.5 Å². The Labute approximate surface area is 159 Å². The van der Waals surface area contributed by atoms with E-state index in [0.717, 1.165) is 17.1 Å². The Morgan fingerprint density at radius 3 is 2.41 bits per heavy atom. The van der Waals surface area contributed by atoms with E-state index in [1.54, 1.807) is 10.9 Å². The average molecular weight is 364 g/mol. The van der Waals surface area contributed by atoms with Crippen molar-refractivity contribution >= 4 is 6.21 Å². The van der Waals surface area contributed by atoms with Crippen molar-refractivity contribution in [2.75, 3.05) is 13.2 Å². The Morgan fingerprint density at radius 2 is 1.70 bits per heavy atom. The number of hydrogen-bond donors (Lipinski definition) is 0. The lowest BCUT2D eigenvalue weighted by atomic mass is 10.0. The first kappa shape index (κ1) is 18.6. The van der Waals surface area contributed by atoms with E-state index in [4.69, 9.17) is 9.47 Å². The van der Waals surface area contributed by atoms with Crippen LogP contribution in [0.3, 0.4) is 0 Å². The van der Waals surface area contributed by atoms with Crippen LogP contribution in [0.4, 0.5) is 0 Å². The molecule has 6 nitrogen and oxygen atoms in total. The third-order valence-electron chi connectivity index (χ3n) is 4.03. The second-order valence-electron chi connectivity index (χ2n) is 6.55. The number of ether oxygens (including phenoxy) is 2. The molecule has 1 aromatic heterocycles. The van der Waals surface area contributed by atoms with Crippen LogP contribution in [0.25, 0.3) is 0 Å². The van der Waals surface area contributed by atoms with Gasteiger partial charge in [-0.25, -0.2) is 4.68 Å². The van der Waals surface area contributed by atoms with Gasteiger partial charge in [0.2, 0.25) is 0 Å². The molecule has 1 heterocycles. The zero-order valence-electron chi connectivity index (χ0n) is 15.9. The molecule has 6 heteroatoms. The highest BCUT2D eigenvalue weighted by molar-refractivity contribution is 5.79. The molecule has 27 heavy (non-hydrogen) atoms. The summed E-state index contributed by atoms with van der Waals surface area (Å²) >= 11 is 0. The van der Waals surface area contributed by atoms with Crippen LogP contribution >= 0.6 is 0 Å². The summed E-state index contributed by atoms with van der Waals surface area (Å²) in [6.45, 7) is 7.39. The Kier molecular flexibility index (Phi) is 6.20. The summed E-state index contributed by atoms with van der Waals surface area (Å²) in [7, 11) is 0. The molecule has 0 aliphatic rings. The largest absolute Gasteiger partial charge is 0.490 e. The molecule has 0 saturated heterocycles. The second kappa shape index (κ2) is 8.98. The van der Waals surface area contributed by atoms with Gasteiger partial charge in [-0.15, -0.1) is 10.2 Å². The molecule has 0 radical (unpaired) electrons. The lowest BCUT2D eigenvalue weighted by Gasteiger charge is -2.15. The molecule has 0 saturated carbocycles. The highest BCUT2D eigenvalue weighted by Gasteiger charge is 2.08. The van der Waals surface area contributed by atoms with E-state index in [0.29, 0.717) is 19.1 Å². The molecular weight excluding hydrogens is 340 g/mol. The molecule has 0 amide bonds. The highest BCUT2D eigenvalue weighted by Crippen LogP contribution is 2.27. The minimum absolute atomic E-state index is 0.425. The van der Waals surface area contributed by atoms with Crippen molar-refractivity contribution in [1.82, 2.24) is 14.9 Å². The molecule has 0 spiro atoms. The van der Waals surface area contributed by atoms with Gasteiger partial charge in [0.15, 0.2) is 0 Å². The standard InChI is InChI=1S/C21H24N4O2/c1-16(2)20-9-4-17(3)12-21(20)27-11-10-26-19-7-5-18(6-8-19)13-24-25-14-22-23-15-25/h4-9,12-16H,10-11H2,1-3H3. The summed E-state index contributed by atoms with van der Waals surface area (Å²) in [4.78, 5) is 0. The zero-order valence-corrected chi connectivity index (χ0v) is 15.9. The quantitative estimate of drug-likeness (QED) is 0.447. The maximum atomic E-state index is 5.94. The predicted octanol–water partition coefficient (Wildman–Crippen LogP) is 4.05. The first-order valence-corrected chi connectivity index (χ1v) is 8.97. The van der Waals surface area contributed by atoms with E-state index >= 15 is 0 Å². The molecule has 0 atom stereocenters. The zero-order chi connectivity index (χ0) is 19.1. The molecule has 0 bridgehead atoms. The highest BCUT2D eigenvalue weighted by atomic mass is 16.5. The molecule has 0 N–H and O–H groups in total. The van der Waals surface area contributed by atoms with Crippen molar-refractivity contribution in [3.63, 3.8) is 0 Å². The van der Waals surface area contributed by atoms with Crippen molar-refractivity contribution in [2.24, 2.45) is 5.10 Å². The number of aryl methyl sites for hydroxylation is 1. The number of nitrogens with zero attached hydrogens (tertiary/aromatic N) is 4. The van der Waals surface area contributed by atoms with Crippen LogP contribution in [0.1, 0.15) is 36.5 Å². The predicted molar refractivity (Wildman–Crippen MR) is 106 cm³/mol. The summed E-state index contributed by atoms with van der Waals surface area (Å²) in [6.07, 6.45) is 4.81. The average Bonchev–Trinajstić information content (AvgIpc) is 3.18. The van der Waals surface area contributed by atoms with Gasteiger partial charge in [-0.2, -0.15) is 5.10 Å². The van der Waals surface area contributed by atoms with Crippen LogP contribution in [0.15, 0.2) is 60.2 Å². The van der Waals surface area contributed by atoms with Crippen molar-refractivity contribution < 1.29 is 9.47 Å². The van der Waals surface area contributed by atoms with Crippen LogP contribution in [0, 0.1) is 6.92 Å². The van der Waals surface area contributed by atoms with Gasteiger partial charge in [-0.3, -0.25) is 0 Å². The molecule has 2 aromatic carbocycles. The van der Waals surface area contributed by atoms with Gasteiger partial charge in [-0.1, -0.05) is 26.0 Å². The summed E-state index contributed by atoms with van der Waals surface area (Å²) in [5.41, 5.74) is 3.38. The molecular formula is C21H24N4O2. The third-order valence-corrected chi connectivity index (χ3v) is 4.03. The van der Waals surface area contributed by atoms with Crippen LogP contribution < -0.4 is 9.47 Å². The van der Waals surface area contributed by atoms with Gasteiger partial charge in [0.25, 0.3) is 0 Å². The third kappa shape index (κ3) is 5.41. The summed E-state index contributed by atoms with van der Waals surface area (Å²) in [5, 5.41) is 11.6. The van der Waals surface area contributed by atoms with Gasteiger partial charge < -0.3 is 9.47 Å². The molecule has 0 fully saturated rings. The van der Waals surface area contributed by atoms with Gasteiger partial charge in [0.05, 0.1) is 6.21 Å². The number of hydrogen-bond acceptors (Lipinski definition) is 5. The van der Waals surface area contributed by atoms with Crippen LogP contribution in [0.5, 0.6) is 11.5 Å². The van der Waals surface area contributed by atoms with E-state index in [-0.39, 0.29) is 0 Å². The van der Waals surface area contributed by atoms with Crippen molar-refractivity contribution in [2.45, 2.75) is 26.7 Å². The number of aromatic nitrogens is 3. The van der Waals surface area contributed by atoms with Crippen molar-refractivity contribution in [3.8, 4) is 11.5 Å². The van der Waals surface area contributed by atoms with Crippen LogP contribution in [-0.4, -0.2) is 34.3 Å². The molecule has 3 rings (SSSR count). The fraction of sp³-hybridized carbons (Fsp3) is 0.286. The van der Waals surface area contributed by atoms with Gasteiger partial charge >= 0.3 is 0 Å². The van der Waals surface area contributed by atoms with Gasteiger partial charge in [-0.05, 0) is 59.9 Å². The Morgan fingerprint density at radius 1 is 1.00 bits per heavy atom. The van der Waals surface area contributed by atoms with E-state index in [2.05, 4.69) is 54.3 Å². The lowest BCUT2D eigenvalue weighted by molar-refractivity contribution is 0.215. The van der Waals surface area contributed by atoms with Gasteiger partial charge in [0.1, 0.15) is 37.4 Å². The first-order valence-electron chi connectivity index (χ1n) is 8.97. The van der Waals surface area contributed by atoms with E-state index in [9.17, 15) is 0 Å². The molecule has 0 aliphatic heterocycles. The van der Waals surface area contributed by atoms with Crippen molar-refractivity contribution in [3.05, 3.63) is 71.8 Å². The second-order valence-corrected chi connectivity index (χ2v) is 6.55. The maximum Gasteiger partial charge on any atom is 0.141 e. The van der Waals surface area contributed by atoms with E-state index in [1.165, 1.54) is 23.8 Å². The lowest BCUT2D eigenvalue weighted by Crippen LogP contribution is -2.10. The monoisotopic (exact) mass is 364 g/mol. The van der Waals surface area contributed by atoms with E-state index < -0.39 is 0 Å². The van der Waals surface area contributed by atoms with E-state index in [1.807, 2.05) is 24.3 Å². The minimum Gasteiger partial charge on any atom is -0.490 e. The Hall–Kier alpha value is -3.15. The van der Waals surface area contributed by atoms with Crippen LogP contribution in [0.2, 0.25) is 0 Å². The Balaban J connectivity index is 1.49. The molecule has 0 aliphatic carbocycles. The number of benzene rings is 2. The normalized spacial score (nSPS) is 11.3. The maximum absolute atomic E-state index is 5.94. The smallest absolute Gasteiger partial charge is 0.141 e. The minimum atomic E-state index is 0.425. The fourth-order valence-corrected chi connectivity index (χ4v) is 2.59. The number of rotatable bonds is 8. The summed E-state index contributed by atoms with van der Waals surface area (Å²) in [6, 6.07) is 14.1. The summed E-state index contributed by atoms with van der Waals surface area (Å²) < 4.78 is 13.3. The van der Waals surface area contributed by atoms with Gasteiger partial charge in [0, 0.05) is 0 Å². The molecule has 3 aromatic rings. The molecule has 0 unspecified atom stereocenters. The van der Waals surface area contributed by atoms with Crippen molar-refractivity contribution in [1.29, 1.82) is 0 Å². The summed E-state index contributed by atoms with van der Waals surface area (Å²) in [5.74, 6) is 2.16. The first-order chi connectivity index (χ1) is 13.1. The molecule has 140 valence electrons.